The number of amides is 2. The van der Waals surface area contributed by atoms with Crippen LogP contribution in [0.3, 0.4) is 0 Å². The zero-order valence-corrected chi connectivity index (χ0v) is 23.6. The van der Waals surface area contributed by atoms with E-state index >= 15 is 0 Å². The minimum Gasteiger partial charge on any atom is -0.394 e. The van der Waals surface area contributed by atoms with Crippen molar-refractivity contribution in [1.29, 1.82) is 0 Å². The van der Waals surface area contributed by atoms with Crippen LogP contribution in [-0.2, 0) is 28.5 Å². The second-order valence-corrected chi connectivity index (χ2v) is 7.55. The number of para-hydroxylation sites is 1. The van der Waals surface area contributed by atoms with Crippen molar-refractivity contribution in [2.45, 2.75) is 47.0 Å². The Kier molecular flexibility index (Phi) is 29.5. The molecule has 0 aliphatic carbocycles. The van der Waals surface area contributed by atoms with Gasteiger partial charge in [0.1, 0.15) is 5.92 Å². The van der Waals surface area contributed by atoms with Gasteiger partial charge < -0.3 is 34.3 Å². The molecule has 11 heteroatoms. The van der Waals surface area contributed by atoms with Crippen LogP contribution >= 0.6 is 0 Å². The number of hydrogen-bond donors (Lipinski definition) is 4. The van der Waals surface area contributed by atoms with E-state index in [-0.39, 0.29) is 31.6 Å². The summed E-state index contributed by atoms with van der Waals surface area (Å²) in [6, 6.07) is 9.17. The lowest BCUT2D eigenvalue weighted by molar-refractivity contribution is -0.127. The molecule has 0 bridgehead atoms. The molecule has 4 N–H and O–H groups in total. The highest BCUT2D eigenvalue weighted by Gasteiger charge is 2.39. The molecule has 38 heavy (non-hydrogen) atoms. The van der Waals surface area contributed by atoms with Gasteiger partial charge in [-0.3, -0.25) is 15.0 Å². The molecule has 0 aromatic heterocycles. The summed E-state index contributed by atoms with van der Waals surface area (Å²) in [4.78, 5) is 23.8. The van der Waals surface area contributed by atoms with Gasteiger partial charge in [-0.25, -0.2) is 5.01 Å². The van der Waals surface area contributed by atoms with Crippen molar-refractivity contribution < 1.29 is 43.9 Å². The second-order valence-electron chi connectivity index (χ2n) is 7.55. The molecule has 0 radical (unpaired) electrons. The van der Waals surface area contributed by atoms with Crippen molar-refractivity contribution in [3.63, 3.8) is 0 Å². The summed E-state index contributed by atoms with van der Waals surface area (Å²) in [5.74, 6) is -0.850. The number of carbonyl (C=O) groups is 2. The minimum absolute atomic E-state index is 0.0278. The van der Waals surface area contributed by atoms with E-state index in [1.54, 1.807) is 12.1 Å². The van der Waals surface area contributed by atoms with Gasteiger partial charge in [0.15, 0.2) is 0 Å². The summed E-state index contributed by atoms with van der Waals surface area (Å²) in [6.07, 6.45) is 2.51. The van der Waals surface area contributed by atoms with Crippen LogP contribution in [0.25, 0.3) is 0 Å². The van der Waals surface area contributed by atoms with E-state index in [9.17, 15) is 9.59 Å². The van der Waals surface area contributed by atoms with E-state index in [4.69, 9.17) is 29.5 Å². The minimum atomic E-state index is -0.518. The van der Waals surface area contributed by atoms with Crippen LogP contribution in [0.15, 0.2) is 30.3 Å². The van der Waals surface area contributed by atoms with Crippen molar-refractivity contribution in [2.75, 3.05) is 77.7 Å². The Morgan fingerprint density at radius 2 is 1.24 bits per heavy atom. The van der Waals surface area contributed by atoms with Crippen LogP contribution < -0.4 is 10.4 Å². The summed E-state index contributed by atoms with van der Waals surface area (Å²) in [5, 5.41) is 25.8. The van der Waals surface area contributed by atoms with Crippen LogP contribution in [0, 0.1) is 5.92 Å². The number of benzene rings is 1. The van der Waals surface area contributed by atoms with Gasteiger partial charge in [0.05, 0.1) is 58.5 Å². The topological polar surface area (TPSA) is 147 Å². The molecule has 1 unspecified atom stereocenters. The van der Waals surface area contributed by atoms with Gasteiger partial charge in [-0.05, 0) is 39.3 Å². The summed E-state index contributed by atoms with van der Waals surface area (Å²) in [7, 11) is 0. The van der Waals surface area contributed by atoms with E-state index < -0.39 is 5.92 Å². The fraction of sp³-hybridized carbons (Fsp3) is 0.704. The van der Waals surface area contributed by atoms with Crippen LogP contribution in [0.1, 0.15) is 47.0 Å². The number of hydrogen-bond acceptors (Lipinski definition) is 9. The van der Waals surface area contributed by atoms with Crippen molar-refractivity contribution in [3.8, 4) is 0 Å². The molecule has 11 nitrogen and oxygen atoms in total. The fourth-order valence-corrected chi connectivity index (χ4v) is 2.81. The number of anilines is 1. The number of hydrazine groups is 1. The van der Waals surface area contributed by atoms with Gasteiger partial charge in [0.2, 0.25) is 0 Å². The van der Waals surface area contributed by atoms with Crippen LogP contribution in [0.5, 0.6) is 0 Å². The Labute approximate surface area is 228 Å². The van der Waals surface area contributed by atoms with E-state index in [0.29, 0.717) is 45.1 Å². The number of nitrogens with zero attached hydrogens (tertiary/aromatic N) is 1. The first kappa shape index (κ1) is 38.0. The molecule has 0 saturated carbocycles. The molecule has 1 atom stereocenters. The van der Waals surface area contributed by atoms with Gasteiger partial charge >= 0.3 is 0 Å². The van der Waals surface area contributed by atoms with E-state index in [1.807, 2.05) is 45.9 Å². The maximum absolute atomic E-state index is 12.1. The number of carbonyl (C=O) groups excluding carboxylic acids is 2. The Hall–Kier alpha value is -2.12. The van der Waals surface area contributed by atoms with Crippen molar-refractivity contribution >= 4 is 17.5 Å². The van der Waals surface area contributed by atoms with Gasteiger partial charge in [-0.15, -0.1) is 0 Å². The summed E-state index contributed by atoms with van der Waals surface area (Å²) < 4.78 is 19.3. The van der Waals surface area contributed by atoms with Gasteiger partial charge in [0, 0.05) is 19.8 Å². The Morgan fingerprint density at radius 3 is 1.68 bits per heavy atom. The first-order valence-electron chi connectivity index (χ1n) is 13.3. The Morgan fingerprint density at radius 1 is 0.737 bits per heavy atom. The maximum Gasteiger partial charge on any atom is 0.258 e. The molecule has 2 rings (SSSR count). The van der Waals surface area contributed by atoms with E-state index in [0.717, 1.165) is 32.7 Å². The van der Waals surface area contributed by atoms with E-state index in [1.165, 1.54) is 5.01 Å². The Balaban J connectivity index is 0. The lowest BCUT2D eigenvalue weighted by atomic mass is 10.0. The molecule has 1 aliphatic rings. The normalized spacial score (nSPS) is 14.0. The molecule has 222 valence electrons. The van der Waals surface area contributed by atoms with Crippen LogP contribution in [0.2, 0.25) is 0 Å². The van der Waals surface area contributed by atoms with Gasteiger partial charge in [0.25, 0.3) is 11.8 Å². The maximum atomic E-state index is 12.1. The fourth-order valence-electron chi connectivity index (χ4n) is 2.81. The third kappa shape index (κ3) is 20.9. The number of rotatable bonds is 16. The highest BCUT2D eigenvalue weighted by atomic mass is 16.5. The van der Waals surface area contributed by atoms with Crippen LogP contribution in [0.4, 0.5) is 5.69 Å². The highest BCUT2D eigenvalue weighted by Crippen LogP contribution is 2.22. The SMILES string of the molecule is CCCCC1C(=O)NN(c2ccccc2)C1=O.CCOCC.CCOCCOCCO.OCCOCCO. The third-order valence-corrected chi connectivity index (χ3v) is 4.61. The number of ether oxygens (including phenoxy) is 4. The first-order chi connectivity index (χ1) is 18.5. The average molecular weight is 547 g/mol. The lowest BCUT2D eigenvalue weighted by Crippen LogP contribution is -2.35. The zero-order valence-electron chi connectivity index (χ0n) is 23.6. The lowest BCUT2D eigenvalue weighted by Gasteiger charge is -2.14. The molecule has 1 aromatic rings. The molecule has 1 aliphatic heterocycles. The molecular formula is C27H50N2O9. The standard InChI is InChI=1S/C13H16N2O2.C6H14O3.C4H10O3.C4H10O/c1-2-3-9-11-12(16)14-15(13(11)17)10-7-5-4-6-8-10;1-2-8-5-6-9-4-3-7;5-1-3-7-4-2-6;1-3-5-4-2/h4-8,11H,2-3,9H2,1H3,(H,14,16);7H,2-6H2,1H3;5-6H,1-4H2;3-4H2,1-2H3. The summed E-state index contributed by atoms with van der Waals surface area (Å²) >= 11 is 0. The quantitative estimate of drug-likeness (QED) is 0.180. The van der Waals surface area contributed by atoms with Crippen molar-refractivity contribution in [3.05, 3.63) is 30.3 Å². The average Bonchev–Trinajstić information content (AvgIpc) is 3.22. The van der Waals surface area contributed by atoms with Crippen LogP contribution in [-0.4, -0.2) is 99.8 Å². The van der Waals surface area contributed by atoms with Gasteiger partial charge in [-0.1, -0.05) is 38.0 Å². The predicted octanol–water partition coefficient (Wildman–Crippen LogP) is 1.93. The molecular weight excluding hydrogens is 496 g/mol. The van der Waals surface area contributed by atoms with Crippen molar-refractivity contribution in [2.24, 2.45) is 5.92 Å². The molecule has 1 heterocycles. The summed E-state index contributed by atoms with van der Waals surface area (Å²) in [5.41, 5.74) is 3.34. The second kappa shape index (κ2) is 29.4. The van der Waals surface area contributed by atoms with Gasteiger partial charge in [-0.2, -0.15) is 0 Å². The predicted molar refractivity (Wildman–Crippen MR) is 147 cm³/mol. The molecule has 1 aromatic carbocycles. The molecule has 0 spiro atoms. The largest absolute Gasteiger partial charge is 0.394 e. The molecule has 1 saturated heterocycles. The third-order valence-electron chi connectivity index (χ3n) is 4.61. The number of unbranched alkanes of at least 4 members (excludes halogenated alkanes) is 1. The van der Waals surface area contributed by atoms with Crippen molar-refractivity contribution in [1.82, 2.24) is 5.43 Å². The first-order valence-corrected chi connectivity index (χ1v) is 13.3. The number of aliphatic hydroxyl groups excluding tert-OH is 3. The van der Waals surface area contributed by atoms with E-state index in [2.05, 4.69) is 10.2 Å². The monoisotopic (exact) mass is 546 g/mol. The molecule has 2 amide bonds. The number of aliphatic hydroxyl groups is 3. The molecule has 1 fully saturated rings. The highest BCUT2D eigenvalue weighted by molar-refractivity contribution is 6.14. The Bertz CT molecular complexity index is 639. The smallest absolute Gasteiger partial charge is 0.258 e. The zero-order chi connectivity index (χ0) is 28.9. The summed E-state index contributed by atoms with van der Waals surface area (Å²) in [6.45, 7) is 12.8. The number of nitrogens with one attached hydrogen (secondary N) is 1.